The van der Waals surface area contributed by atoms with Crippen LogP contribution in [0, 0.1) is 0 Å². The number of carboxylic acids is 2. The number of aromatic carboxylic acids is 2. The number of hydrogen-bond acceptors (Lipinski definition) is 9. The number of nitrogens with zero attached hydrogens (tertiary/aromatic N) is 4. The van der Waals surface area contributed by atoms with Crippen molar-refractivity contribution in [2.24, 2.45) is 0 Å². The van der Waals surface area contributed by atoms with E-state index in [1.165, 1.54) is 34.8 Å². The first kappa shape index (κ1) is 21.3. The maximum atomic E-state index is 10.7. The van der Waals surface area contributed by atoms with Crippen molar-refractivity contribution in [3.8, 4) is 21.4 Å². The van der Waals surface area contributed by atoms with Gasteiger partial charge in [-0.05, 0) is 22.9 Å². The summed E-state index contributed by atoms with van der Waals surface area (Å²) in [5.74, 6) is -1.37. The topological polar surface area (TPSA) is 152 Å². The molecule has 0 aliphatic rings. The number of halogens is 1. The number of carbonyl (C=O) groups is 2. The molecule has 0 aliphatic heterocycles. The standard InChI is InChI=1S/C9H5ClN2O2S.C9H7N3O2S/c2*10-7-4-5(9(13)14)11-8(12-7)6-2-1-3-15-6/h1-4H,(H,13,14);1-4H,(H,13,14)(H2,10,11,12). The predicted molar refractivity (Wildman–Crippen MR) is 114 cm³/mol. The second-order valence-electron chi connectivity index (χ2n) is 5.47. The van der Waals surface area contributed by atoms with E-state index in [4.69, 9.17) is 27.5 Å². The third-order valence-electron chi connectivity index (χ3n) is 3.36. The summed E-state index contributed by atoms with van der Waals surface area (Å²) in [5.41, 5.74) is 5.30. The minimum atomic E-state index is -1.11. The van der Waals surface area contributed by atoms with E-state index in [0.717, 1.165) is 9.75 Å². The molecule has 4 heterocycles. The molecule has 4 aromatic heterocycles. The molecule has 0 aliphatic carbocycles. The van der Waals surface area contributed by atoms with E-state index >= 15 is 0 Å². The van der Waals surface area contributed by atoms with E-state index in [9.17, 15) is 9.59 Å². The zero-order valence-electron chi connectivity index (χ0n) is 14.9. The molecule has 12 heteroatoms. The van der Waals surface area contributed by atoms with Gasteiger partial charge in [-0.25, -0.2) is 29.5 Å². The number of thiophene rings is 2. The normalized spacial score (nSPS) is 10.2. The fraction of sp³-hybridized carbons (Fsp3) is 0. The lowest BCUT2D eigenvalue weighted by Crippen LogP contribution is -2.05. The van der Waals surface area contributed by atoms with Crippen LogP contribution in [0.5, 0.6) is 0 Å². The molecule has 0 atom stereocenters. The smallest absolute Gasteiger partial charge is 0.354 e. The maximum absolute atomic E-state index is 10.7. The van der Waals surface area contributed by atoms with Gasteiger partial charge in [0.1, 0.15) is 11.0 Å². The number of nitrogens with two attached hydrogens (primary N) is 1. The minimum absolute atomic E-state index is 0.0918. The van der Waals surface area contributed by atoms with Gasteiger partial charge >= 0.3 is 11.9 Å². The average Bonchev–Trinajstić information content (AvgIpc) is 3.41. The van der Waals surface area contributed by atoms with Gasteiger partial charge < -0.3 is 15.9 Å². The maximum Gasteiger partial charge on any atom is 0.354 e. The van der Waals surface area contributed by atoms with Gasteiger partial charge in [0, 0.05) is 12.1 Å². The summed E-state index contributed by atoms with van der Waals surface area (Å²) in [4.78, 5) is 38.8. The molecule has 0 unspecified atom stereocenters. The van der Waals surface area contributed by atoms with E-state index in [2.05, 4.69) is 19.9 Å². The monoisotopic (exact) mass is 461 g/mol. The first-order valence-corrected chi connectivity index (χ1v) is 10.2. The Labute approximate surface area is 182 Å². The molecule has 4 aromatic rings. The zero-order valence-corrected chi connectivity index (χ0v) is 17.3. The molecule has 0 saturated heterocycles. The second-order valence-corrected chi connectivity index (χ2v) is 7.75. The highest BCUT2D eigenvalue weighted by atomic mass is 35.5. The molecular formula is C18H12ClN5O4S2. The Morgan fingerprint density at radius 1 is 0.833 bits per heavy atom. The zero-order chi connectivity index (χ0) is 21.7. The van der Waals surface area contributed by atoms with Crippen LogP contribution in [0.25, 0.3) is 21.4 Å². The van der Waals surface area contributed by atoms with Crippen molar-refractivity contribution >= 4 is 52.0 Å². The van der Waals surface area contributed by atoms with Crippen LogP contribution < -0.4 is 5.73 Å². The SMILES string of the molecule is Nc1cc(C(=O)O)nc(-c2cccs2)n1.O=C(O)c1cc(Cl)nc(-c2cccs2)n1. The molecular weight excluding hydrogens is 450 g/mol. The molecule has 9 nitrogen and oxygen atoms in total. The summed E-state index contributed by atoms with van der Waals surface area (Å²) >= 11 is 8.56. The molecule has 0 bridgehead atoms. The molecule has 0 aromatic carbocycles. The predicted octanol–water partition coefficient (Wildman–Crippen LogP) is 4.04. The van der Waals surface area contributed by atoms with Crippen LogP contribution in [0.15, 0.2) is 47.2 Å². The number of carboxylic acid groups (broad SMARTS) is 2. The fourth-order valence-corrected chi connectivity index (χ4v) is 3.63. The van der Waals surface area contributed by atoms with E-state index < -0.39 is 11.9 Å². The van der Waals surface area contributed by atoms with Gasteiger partial charge in [-0.1, -0.05) is 23.7 Å². The molecule has 0 fully saturated rings. The van der Waals surface area contributed by atoms with Crippen molar-refractivity contribution in [2.45, 2.75) is 0 Å². The van der Waals surface area contributed by atoms with E-state index in [-0.39, 0.29) is 22.4 Å². The lowest BCUT2D eigenvalue weighted by Gasteiger charge is -2.00. The quantitative estimate of drug-likeness (QED) is 0.382. The van der Waals surface area contributed by atoms with Gasteiger partial charge in [0.2, 0.25) is 0 Å². The van der Waals surface area contributed by atoms with Crippen LogP contribution in [0.2, 0.25) is 5.15 Å². The second kappa shape index (κ2) is 9.39. The molecule has 30 heavy (non-hydrogen) atoms. The Balaban J connectivity index is 0.000000171. The molecule has 0 radical (unpaired) electrons. The number of rotatable bonds is 4. The van der Waals surface area contributed by atoms with Crippen molar-refractivity contribution in [1.82, 2.24) is 19.9 Å². The third kappa shape index (κ3) is 5.35. The van der Waals surface area contributed by atoms with Gasteiger partial charge in [0.15, 0.2) is 23.0 Å². The van der Waals surface area contributed by atoms with Crippen molar-refractivity contribution < 1.29 is 19.8 Å². The van der Waals surface area contributed by atoms with Crippen LogP contribution in [0.4, 0.5) is 5.82 Å². The molecule has 4 rings (SSSR count). The van der Waals surface area contributed by atoms with E-state index in [1.807, 2.05) is 35.0 Å². The van der Waals surface area contributed by atoms with E-state index in [1.54, 1.807) is 0 Å². The Bertz CT molecular complexity index is 1090. The molecule has 0 saturated carbocycles. The summed E-state index contributed by atoms with van der Waals surface area (Å²) in [6, 6.07) is 9.76. The fourth-order valence-electron chi connectivity index (χ4n) is 2.13. The van der Waals surface area contributed by atoms with Gasteiger partial charge in [-0.2, -0.15) is 0 Å². The first-order valence-electron chi connectivity index (χ1n) is 8.07. The van der Waals surface area contributed by atoms with Crippen LogP contribution >= 0.6 is 34.3 Å². The number of nitrogen functional groups attached to an aromatic ring is 1. The Kier molecular flexibility index (Phi) is 6.67. The summed E-state index contributed by atoms with van der Waals surface area (Å²) < 4.78 is 0. The largest absolute Gasteiger partial charge is 0.477 e. The highest BCUT2D eigenvalue weighted by Gasteiger charge is 2.12. The summed E-state index contributed by atoms with van der Waals surface area (Å²) in [5, 5.41) is 21.4. The van der Waals surface area contributed by atoms with Gasteiger partial charge in [0.05, 0.1) is 9.75 Å². The highest BCUT2D eigenvalue weighted by Crippen LogP contribution is 2.23. The lowest BCUT2D eigenvalue weighted by atomic mass is 10.3. The van der Waals surface area contributed by atoms with Crippen molar-refractivity contribution in [3.63, 3.8) is 0 Å². The lowest BCUT2D eigenvalue weighted by molar-refractivity contribution is 0.0680. The van der Waals surface area contributed by atoms with Crippen LogP contribution in [0.1, 0.15) is 21.0 Å². The molecule has 152 valence electrons. The number of hydrogen-bond donors (Lipinski definition) is 3. The Morgan fingerprint density at radius 3 is 1.80 bits per heavy atom. The van der Waals surface area contributed by atoms with Crippen LogP contribution in [0.3, 0.4) is 0 Å². The van der Waals surface area contributed by atoms with Crippen molar-refractivity contribution in [1.29, 1.82) is 0 Å². The van der Waals surface area contributed by atoms with Crippen LogP contribution in [-0.2, 0) is 0 Å². The molecule has 4 N–H and O–H groups in total. The van der Waals surface area contributed by atoms with Crippen molar-refractivity contribution in [2.75, 3.05) is 5.73 Å². The minimum Gasteiger partial charge on any atom is -0.477 e. The Hall–Kier alpha value is -3.41. The van der Waals surface area contributed by atoms with Gasteiger partial charge in [0.25, 0.3) is 0 Å². The number of anilines is 1. The summed E-state index contributed by atoms with van der Waals surface area (Å²) in [7, 11) is 0. The van der Waals surface area contributed by atoms with E-state index in [0.29, 0.717) is 11.6 Å². The van der Waals surface area contributed by atoms with Gasteiger partial charge in [-0.3, -0.25) is 0 Å². The third-order valence-corrected chi connectivity index (χ3v) is 5.29. The highest BCUT2D eigenvalue weighted by molar-refractivity contribution is 7.13. The molecule has 0 spiro atoms. The van der Waals surface area contributed by atoms with Gasteiger partial charge in [-0.15, -0.1) is 22.7 Å². The average molecular weight is 462 g/mol. The van der Waals surface area contributed by atoms with Crippen LogP contribution in [-0.4, -0.2) is 42.1 Å². The summed E-state index contributed by atoms with van der Waals surface area (Å²) in [6.45, 7) is 0. The number of aromatic nitrogens is 4. The summed E-state index contributed by atoms with van der Waals surface area (Å²) in [6.07, 6.45) is 0. The molecule has 0 amide bonds. The van der Waals surface area contributed by atoms with Crippen molar-refractivity contribution in [3.05, 3.63) is 63.7 Å². The first-order chi connectivity index (χ1) is 14.3. The Morgan fingerprint density at radius 2 is 1.33 bits per heavy atom.